The van der Waals surface area contributed by atoms with Crippen LogP contribution in [0, 0.1) is 23.7 Å². The molecule has 0 radical (unpaired) electrons. The van der Waals surface area contributed by atoms with Crippen molar-refractivity contribution in [3.05, 3.63) is 0 Å². The van der Waals surface area contributed by atoms with E-state index in [0.29, 0.717) is 58.2 Å². The van der Waals surface area contributed by atoms with Gasteiger partial charge in [-0.15, -0.1) is 0 Å². The molecule has 0 spiro atoms. The van der Waals surface area contributed by atoms with Crippen molar-refractivity contribution < 1.29 is 33.5 Å². The van der Waals surface area contributed by atoms with Gasteiger partial charge in [0, 0.05) is 26.7 Å². The number of hydrogen-bond acceptors (Lipinski definition) is 9. The number of fused-ring (bicyclic) bond motifs is 3. The van der Waals surface area contributed by atoms with Crippen LogP contribution < -0.4 is 16.2 Å². The molecule has 4 rings (SSSR count). The molecule has 7 atom stereocenters. The second-order valence-electron chi connectivity index (χ2n) is 14.8. The van der Waals surface area contributed by atoms with Gasteiger partial charge in [-0.25, -0.2) is 15.6 Å². The first kappa shape index (κ1) is 36.6. The van der Waals surface area contributed by atoms with Crippen LogP contribution in [-0.2, 0) is 33.5 Å². The molecule has 5 amide bonds. The first-order valence-corrected chi connectivity index (χ1v) is 17.3. The van der Waals surface area contributed by atoms with Gasteiger partial charge in [0.1, 0.15) is 30.2 Å². The molecule has 14 heteroatoms. The van der Waals surface area contributed by atoms with Gasteiger partial charge < -0.3 is 19.9 Å². The van der Waals surface area contributed by atoms with Gasteiger partial charge in [0.15, 0.2) is 6.10 Å². The number of likely N-dealkylation sites (N-methyl/N-ethyl adjacent to an activating group) is 1. The van der Waals surface area contributed by atoms with E-state index in [1.165, 1.54) is 19.8 Å². The minimum atomic E-state index is -1.24. The fourth-order valence-corrected chi connectivity index (χ4v) is 7.10. The zero-order valence-corrected chi connectivity index (χ0v) is 29.3. The third kappa shape index (κ3) is 7.90. The van der Waals surface area contributed by atoms with Gasteiger partial charge in [-0.2, -0.15) is 0 Å². The van der Waals surface area contributed by atoms with Crippen LogP contribution in [0.3, 0.4) is 0 Å². The summed E-state index contributed by atoms with van der Waals surface area (Å²) < 4.78 is 5.86. The van der Waals surface area contributed by atoms with E-state index in [2.05, 4.69) is 16.2 Å². The Hall–Kier alpha value is -3.26. The molecule has 0 aromatic heterocycles. The molecule has 0 aliphatic carbocycles. The molecule has 4 heterocycles. The number of rotatable bonds is 4. The number of amides is 5. The predicted octanol–water partition coefficient (Wildman–Crippen LogP) is 0.810. The topological polar surface area (TPSA) is 161 Å². The van der Waals surface area contributed by atoms with Crippen LogP contribution in [0.25, 0.3) is 0 Å². The van der Waals surface area contributed by atoms with Gasteiger partial charge in [0.05, 0.1) is 0 Å². The van der Waals surface area contributed by atoms with Gasteiger partial charge in [-0.3, -0.25) is 34.0 Å². The van der Waals surface area contributed by atoms with E-state index in [0.717, 1.165) is 0 Å². The maximum Gasteiger partial charge on any atom is 0.329 e. The lowest BCUT2D eigenvalue weighted by Crippen LogP contribution is -2.68. The number of hydrogen-bond donors (Lipinski definition) is 3. The van der Waals surface area contributed by atoms with Crippen LogP contribution in [0.1, 0.15) is 87.0 Å². The Morgan fingerprint density at radius 3 is 1.89 bits per heavy atom. The average molecular weight is 662 g/mol. The Labute approximate surface area is 278 Å². The van der Waals surface area contributed by atoms with Crippen molar-refractivity contribution in [3.63, 3.8) is 0 Å². The molecule has 3 N–H and O–H groups in total. The van der Waals surface area contributed by atoms with Gasteiger partial charge in [-0.1, -0.05) is 48.5 Å². The SMILES string of the molecule is CC(C)C[C@@H]1C(=O)N2C[C@H](C)C[C@H]2C(=O)N[C@H](C(C)C)C(=O)O[C@@H](C(C)C)C(=O)N2NCCC[C@@H]2C(=O)N2NCCC[C@H]2C(=O)N1C. The van der Waals surface area contributed by atoms with Crippen LogP contribution >= 0.6 is 0 Å². The number of nitrogens with one attached hydrogen (secondary N) is 3. The third-order valence-electron chi connectivity index (χ3n) is 9.74. The number of esters is 1. The molecule has 47 heavy (non-hydrogen) atoms. The van der Waals surface area contributed by atoms with Crippen LogP contribution in [-0.4, -0.2) is 118 Å². The highest BCUT2D eigenvalue weighted by atomic mass is 16.6. The normalized spacial score (nSPS) is 32.3. The second-order valence-corrected chi connectivity index (χ2v) is 14.8. The average Bonchev–Trinajstić information content (AvgIpc) is 3.44. The van der Waals surface area contributed by atoms with E-state index in [-0.39, 0.29) is 29.6 Å². The number of hydrazine groups is 2. The van der Waals surface area contributed by atoms with E-state index < -0.39 is 65.9 Å². The van der Waals surface area contributed by atoms with Gasteiger partial charge in [-0.05, 0) is 62.2 Å². The molecule has 4 fully saturated rings. The molecule has 0 unspecified atom stereocenters. The zero-order valence-electron chi connectivity index (χ0n) is 29.3. The first-order valence-electron chi connectivity index (χ1n) is 17.3. The van der Waals surface area contributed by atoms with Crippen molar-refractivity contribution in [2.24, 2.45) is 23.7 Å². The fourth-order valence-electron chi connectivity index (χ4n) is 7.10. The van der Waals surface area contributed by atoms with Crippen molar-refractivity contribution in [2.45, 2.75) is 123 Å². The molecule has 0 saturated carbocycles. The summed E-state index contributed by atoms with van der Waals surface area (Å²) in [5, 5.41) is 5.42. The molecule has 14 nitrogen and oxygen atoms in total. The summed E-state index contributed by atoms with van der Waals surface area (Å²) >= 11 is 0. The number of ether oxygens (including phenoxy) is 1. The van der Waals surface area contributed by atoms with E-state index in [4.69, 9.17) is 4.74 Å². The molecule has 0 aromatic carbocycles. The lowest BCUT2D eigenvalue weighted by atomic mass is 9.98. The standard InChI is InChI=1S/C33H55N7O7/c1-18(2)15-25-30(43)38-17-21(7)16-24(38)28(41)36-26(19(3)4)33(46)47-27(20(5)6)32(45)40-23(12-10-14-35-40)31(44)39-22(11-9-13-34-39)29(42)37(25)8/h18-27,34-35H,9-17H2,1-8H3,(H,36,41)/t21-,22+,23-,24+,25-,26-,27+/m1/s1. The predicted molar refractivity (Wildman–Crippen MR) is 173 cm³/mol. The van der Waals surface area contributed by atoms with Crippen LogP contribution in [0.5, 0.6) is 0 Å². The Kier molecular flexibility index (Phi) is 11.9. The highest BCUT2D eigenvalue weighted by molar-refractivity contribution is 5.97. The second kappa shape index (κ2) is 15.3. The number of cyclic esters (lactones) is 1. The molecule has 4 saturated heterocycles. The van der Waals surface area contributed by atoms with E-state index in [9.17, 15) is 28.8 Å². The monoisotopic (exact) mass is 661 g/mol. The first-order chi connectivity index (χ1) is 22.1. The molecule has 0 bridgehead atoms. The van der Waals surface area contributed by atoms with Crippen molar-refractivity contribution in [1.29, 1.82) is 0 Å². The van der Waals surface area contributed by atoms with E-state index in [1.807, 2.05) is 20.8 Å². The van der Waals surface area contributed by atoms with E-state index >= 15 is 0 Å². The minimum absolute atomic E-state index is 0.0115. The summed E-state index contributed by atoms with van der Waals surface area (Å²) in [5.74, 6) is -3.74. The molecular formula is C33H55N7O7. The smallest absolute Gasteiger partial charge is 0.329 e. The molecule has 4 aliphatic heterocycles. The fraction of sp³-hybridized carbons (Fsp3) is 0.818. The molecule has 264 valence electrons. The van der Waals surface area contributed by atoms with Gasteiger partial charge in [0.2, 0.25) is 17.7 Å². The lowest BCUT2D eigenvalue weighted by molar-refractivity contribution is -0.174. The maximum absolute atomic E-state index is 14.4. The Morgan fingerprint density at radius 1 is 0.766 bits per heavy atom. The van der Waals surface area contributed by atoms with Crippen LogP contribution in [0.4, 0.5) is 0 Å². The quantitative estimate of drug-likeness (QED) is 0.371. The van der Waals surface area contributed by atoms with Gasteiger partial charge >= 0.3 is 5.97 Å². The molecule has 4 aliphatic rings. The summed E-state index contributed by atoms with van der Waals surface area (Å²) in [6.45, 7) is 14.2. The van der Waals surface area contributed by atoms with Crippen molar-refractivity contribution in [3.8, 4) is 0 Å². The van der Waals surface area contributed by atoms with Crippen molar-refractivity contribution in [2.75, 3.05) is 26.7 Å². The lowest BCUT2D eigenvalue weighted by Gasteiger charge is -2.44. The maximum atomic E-state index is 14.4. The Morgan fingerprint density at radius 2 is 1.34 bits per heavy atom. The van der Waals surface area contributed by atoms with Crippen molar-refractivity contribution >= 4 is 35.5 Å². The molecular weight excluding hydrogens is 606 g/mol. The summed E-state index contributed by atoms with van der Waals surface area (Å²) in [6, 6.07) is -4.65. The largest absolute Gasteiger partial charge is 0.450 e. The summed E-state index contributed by atoms with van der Waals surface area (Å²) in [4.78, 5) is 87.5. The minimum Gasteiger partial charge on any atom is -0.450 e. The Balaban J connectivity index is 1.81. The molecule has 0 aromatic rings. The summed E-state index contributed by atoms with van der Waals surface area (Å²) in [6.07, 6.45) is 1.50. The zero-order chi connectivity index (χ0) is 34.7. The number of nitrogens with zero attached hydrogens (tertiary/aromatic N) is 4. The highest BCUT2D eigenvalue weighted by Crippen LogP contribution is 2.29. The summed E-state index contributed by atoms with van der Waals surface area (Å²) in [7, 11) is 1.59. The highest BCUT2D eigenvalue weighted by Gasteiger charge is 2.48. The number of carbonyl (C=O) groups excluding carboxylic acids is 6. The third-order valence-corrected chi connectivity index (χ3v) is 9.74. The summed E-state index contributed by atoms with van der Waals surface area (Å²) in [5.41, 5.74) is 6.15. The number of carbonyl (C=O) groups is 6. The van der Waals surface area contributed by atoms with Crippen LogP contribution in [0.2, 0.25) is 0 Å². The van der Waals surface area contributed by atoms with Crippen molar-refractivity contribution in [1.82, 2.24) is 36.0 Å². The Bertz CT molecular complexity index is 1210. The van der Waals surface area contributed by atoms with Crippen LogP contribution in [0.15, 0.2) is 0 Å². The van der Waals surface area contributed by atoms with E-state index in [1.54, 1.807) is 34.7 Å². The van der Waals surface area contributed by atoms with Gasteiger partial charge in [0.25, 0.3) is 11.8 Å².